The van der Waals surface area contributed by atoms with Crippen LogP contribution in [0.25, 0.3) is 0 Å². The molecule has 0 saturated heterocycles. The standard InChI is InChI=1S/C24H26N2O5/c1-5-31-18(27)14-15-6-8-17(9-7-15)26-20(16-10-12-25-13-11-16)19(21(28)23(26)30)22(29)24(2,3)4/h6-13,20,28H,5,14H2,1-4H3. The van der Waals surface area contributed by atoms with Crippen molar-refractivity contribution in [3.8, 4) is 0 Å². The van der Waals surface area contributed by atoms with Crippen molar-refractivity contribution in [2.24, 2.45) is 5.41 Å². The lowest BCUT2D eigenvalue weighted by molar-refractivity contribution is -0.142. The fraction of sp³-hybridized carbons (Fsp3) is 0.333. The number of carbonyl (C=O) groups is 3. The number of esters is 1. The van der Waals surface area contributed by atoms with Crippen LogP contribution in [-0.4, -0.2) is 34.4 Å². The van der Waals surface area contributed by atoms with E-state index >= 15 is 0 Å². The summed E-state index contributed by atoms with van der Waals surface area (Å²) in [5.74, 6) is -1.83. The Balaban J connectivity index is 2.02. The number of aliphatic hydroxyl groups excluding tert-OH is 1. The van der Waals surface area contributed by atoms with Gasteiger partial charge in [0.15, 0.2) is 11.5 Å². The van der Waals surface area contributed by atoms with Crippen LogP contribution in [0.3, 0.4) is 0 Å². The normalized spacial score (nSPS) is 16.6. The summed E-state index contributed by atoms with van der Waals surface area (Å²) in [6.07, 6.45) is 3.27. The Bertz CT molecular complexity index is 1020. The van der Waals surface area contributed by atoms with Crippen LogP contribution in [0.2, 0.25) is 0 Å². The highest BCUT2D eigenvalue weighted by molar-refractivity contribution is 6.17. The number of ether oxygens (including phenoxy) is 1. The van der Waals surface area contributed by atoms with Crippen LogP contribution in [-0.2, 0) is 25.5 Å². The third-order valence-electron chi connectivity index (χ3n) is 5.02. The van der Waals surface area contributed by atoms with Crippen LogP contribution in [0, 0.1) is 5.41 Å². The molecule has 0 bridgehead atoms. The van der Waals surface area contributed by atoms with E-state index in [1.165, 1.54) is 4.90 Å². The number of amides is 1. The van der Waals surface area contributed by atoms with E-state index in [4.69, 9.17) is 4.74 Å². The molecule has 1 amide bonds. The molecule has 0 radical (unpaired) electrons. The van der Waals surface area contributed by atoms with Gasteiger partial charge >= 0.3 is 5.97 Å². The Morgan fingerprint density at radius 3 is 2.26 bits per heavy atom. The van der Waals surface area contributed by atoms with Gasteiger partial charge < -0.3 is 9.84 Å². The Labute approximate surface area is 181 Å². The molecule has 1 aromatic heterocycles. The molecule has 3 rings (SSSR count). The molecule has 0 spiro atoms. The summed E-state index contributed by atoms with van der Waals surface area (Å²) < 4.78 is 4.97. The fourth-order valence-corrected chi connectivity index (χ4v) is 3.52. The van der Waals surface area contributed by atoms with E-state index in [-0.39, 0.29) is 23.7 Å². The van der Waals surface area contributed by atoms with Gasteiger partial charge in [0.05, 0.1) is 24.6 Å². The number of nitrogens with zero attached hydrogens (tertiary/aromatic N) is 2. The van der Waals surface area contributed by atoms with Gasteiger partial charge in [-0.05, 0) is 42.3 Å². The van der Waals surface area contributed by atoms with Crippen LogP contribution >= 0.6 is 0 Å². The zero-order valence-electron chi connectivity index (χ0n) is 18.1. The molecule has 7 nitrogen and oxygen atoms in total. The van der Waals surface area contributed by atoms with Crippen molar-refractivity contribution >= 4 is 23.3 Å². The minimum atomic E-state index is -0.783. The van der Waals surface area contributed by atoms with Gasteiger partial charge in [-0.25, -0.2) is 0 Å². The van der Waals surface area contributed by atoms with Crippen LogP contribution < -0.4 is 4.90 Å². The minimum absolute atomic E-state index is 0.0688. The molecule has 7 heteroatoms. The third kappa shape index (κ3) is 4.50. The Hall–Kier alpha value is -3.48. The van der Waals surface area contributed by atoms with Gasteiger partial charge in [-0.2, -0.15) is 0 Å². The number of Topliss-reactive ketones (excluding diaryl/α,β-unsaturated/α-hetero) is 1. The number of anilines is 1. The number of benzene rings is 1. The van der Waals surface area contributed by atoms with Crippen molar-refractivity contribution in [3.63, 3.8) is 0 Å². The van der Waals surface area contributed by atoms with Gasteiger partial charge in [0, 0.05) is 23.5 Å². The Morgan fingerprint density at radius 1 is 1.10 bits per heavy atom. The molecule has 162 valence electrons. The van der Waals surface area contributed by atoms with Gasteiger partial charge in [-0.3, -0.25) is 24.3 Å². The number of rotatable bonds is 6. The van der Waals surface area contributed by atoms with Crippen LogP contribution in [0.1, 0.15) is 44.9 Å². The van der Waals surface area contributed by atoms with Crippen molar-refractivity contribution in [2.75, 3.05) is 11.5 Å². The second kappa shape index (κ2) is 8.71. The average molecular weight is 422 g/mol. The topological polar surface area (TPSA) is 96.8 Å². The van der Waals surface area contributed by atoms with E-state index in [1.807, 2.05) is 0 Å². The van der Waals surface area contributed by atoms with Gasteiger partial charge in [-0.1, -0.05) is 32.9 Å². The molecule has 1 aromatic carbocycles. The highest BCUT2D eigenvalue weighted by atomic mass is 16.5. The van der Waals surface area contributed by atoms with Gasteiger partial charge in [-0.15, -0.1) is 0 Å². The lowest BCUT2D eigenvalue weighted by Gasteiger charge is -2.29. The molecule has 1 aliphatic heterocycles. The van der Waals surface area contributed by atoms with Gasteiger partial charge in [0.2, 0.25) is 0 Å². The van der Waals surface area contributed by atoms with Crippen molar-refractivity contribution in [3.05, 3.63) is 71.3 Å². The molecule has 31 heavy (non-hydrogen) atoms. The maximum absolute atomic E-state index is 13.2. The first-order valence-corrected chi connectivity index (χ1v) is 10.1. The zero-order valence-corrected chi connectivity index (χ0v) is 18.1. The van der Waals surface area contributed by atoms with Crippen molar-refractivity contribution < 1.29 is 24.2 Å². The smallest absolute Gasteiger partial charge is 0.310 e. The van der Waals surface area contributed by atoms with E-state index in [0.717, 1.165) is 5.56 Å². The maximum Gasteiger partial charge on any atom is 0.310 e. The first-order valence-electron chi connectivity index (χ1n) is 10.1. The zero-order chi connectivity index (χ0) is 22.8. The van der Waals surface area contributed by atoms with Crippen LogP contribution in [0.4, 0.5) is 5.69 Å². The molecular weight excluding hydrogens is 396 g/mol. The fourth-order valence-electron chi connectivity index (χ4n) is 3.52. The highest BCUT2D eigenvalue weighted by Gasteiger charge is 2.46. The summed E-state index contributed by atoms with van der Waals surface area (Å²) in [4.78, 5) is 43.4. The SMILES string of the molecule is CCOC(=O)Cc1ccc(N2C(=O)C(O)=C(C(=O)C(C)(C)C)C2c2ccncc2)cc1. The van der Waals surface area contributed by atoms with E-state index in [1.54, 1.807) is 76.5 Å². The molecule has 1 unspecified atom stereocenters. The molecule has 1 atom stereocenters. The molecule has 1 N–H and O–H groups in total. The number of ketones is 1. The molecule has 1 aliphatic rings. The highest BCUT2D eigenvalue weighted by Crippen LogP contribution is 2.43. The quantitative estimate of drug-likeness (QED) is 0.713. The molecule has 2 aromatic rings. The maximum atomic E-state index is 13.2. The molecule has 0 saturated carbocycles. The summed E-state index contributed by atoms with van der Waals surface area (Å²) in [6, 6.07) is 9.49. The van der Waals surface area contributed by atoms with Crippen molar-refractivity contribution in [2.45, 2.75) is 40.2 Å². The summed E-state index contributed by atoms with van der Waals surface area (Å²) in [5.41, 5.74) is 1.18. The molecule has 0 aliphatic carbocycles. The molecule has 0 fully saturated rings. The molecular formula is C24H26N2O5. The summed E-state index contributed by atoms with van der Waals surface area (Å²) in [7, 11) is 0. The largest absolute Gasteiger partial charge is 0.503 e. The first-order chi connectivity index (χ1) is 14.6. The van der Waals surface area contributed by atoms with E-state index < -0.39 is 23.1 Å². The first kappa shape index (κ1) is 22.2. The summed E-state index contributed by atoms with van der Waals surface area (Å²) >= 11 is 0. The Morgan fingerprint density at radius 2 is 1.71 bits per heavy atom. The minimum Gasteiger partial charge on any atom is -0.503 e. The summed E-state index contributed by atoms with van der Waals surface area (Å²) in [6.45, 7) is 7.29. The lowest BCUT2D eigenvalue weighted by atomic mass is 9.82. The van der Waals surface area contributed by atoms with Gasteiger partial charge in [0.1, 0.15) is 0 Å². The number of carbonyl (C=O) groups excluding carboxylic acids is 3. The Kier molecular flexibility index (Phi) is 6.24. The monoisotopic (exact) mass is 422 g/mol. The average Bonchev–Trinajstić information content (AvgIpc) is 2.99. The van der Waals surface area contributed by atoms with Gasteiger partial charge in [0.25, 0.3) is 5.91 Å². The lowest BCUT2D eigenvalue weighted by Crippen LogP contribution is -2.32. The second-order valence-electron chi connectivity index (χ2n) is 8.35. The predicted molar refractivity (Wildman–Crippen MR) is 115 cm³/mol. The third-order valence-corrected chi connectivity index (χ3v) is 5.02. The number of aliphatic hydroxyl groups is 1. The second-order valence-corrected chi connectivity index (χ2v) is 8.35. The number of hydrogen-bond donors (Lipinski definition) is 1. The van der Waals surface area contributed by atoms with Crippen LogP contribution in [0.15, 0.2) is 60.1 Å². The number of hydrogen-bond acceptors (Lipinski definition) is 6. The van der Waals surface area contributed by atoms with E-state index in [0.29, 0.717) is 17.9 Å². The summed E-state index contributed by atoms with van der Waals surface area (Å²) in [5, 5.41) is 10.7. The number of pyridine rings is 1. The number of aromatic nitrogens is 1. The van der Waals surface area contributed by atoms with E-state index in [9.17, 15) is 19.5 Å². The predicted octanol–water partition coefficient (Wildman–Crippen LogP) is 3.70. The van der Waals surface area contributed by atoms with Crippen molar-refractivity contribution in [1.82, 2.24) is 4.98 Å². The van der Waals surface area contributed by atoms with E-state index in [2.05, 4.69) is 4.98 Å². The molecule has 2 heterocycles. The van der Waals surface area contributed by atoms with Crippen molar-refractivity contribution in [1.29, 1.82) is 0 Å². The van der Waals surface area contributed by atoms with Crippen LogP contribution in [0.5, 0.6) is 0 Å².